The predicted molar refractivity (Wildman–Crippen MR) is 135 cm³/mol. The molecule has 0 aliphatic heterocycles. The zero-order chi connectivity index (χ0) is 23.4. The molecule has 1 amide bonds. The van der Waals surface area contributed by atoms with E-state index < -0.39 is 5.25 Å². The fourth-order valence-corrected chi connectivity index (χ4v) is 5.24. The summed E-state index contributed by atoms with van der Waals surface area (Å²) in [4.78, 5) is 31.6. The molecule has 6 nitrogen and oxygen atoms in total. The first kappa shape index (κ1) is 22.5. The number of amides is 1. The number of nitrogens with one attached hydrogen (secondary N) is 1. The van der Waals surface area contributed by atoms with E-state index >= 15 is 0 Å². The van der Waals surface area contributed by atoms with Crippen LogP contribution in [0.3, 0.4) is 0 Å². The van der Waals surface area contributed by atoms with Gasteiger partial charge in [0.05, 0.1) is 22.3 Å². The summed E-state index contributed by atoms with van der Waals surface area (Å²) < 4.78 is 1.55. The third-order valence-corrected chi connectivity index (χ3v) is 6.93. The Balaban J connectivity index is 1.66. The first-order valence-electron chi connectivity index (χ1n) is 10.2. The van der Waals surface area contributed by atoms with Crippen LogP contribution in [-0.4, -0.2) is 20.7 Å². The van der Waals surface area contributed by atoms with Crippen molar-refractivity contribution in [2.24, 2.45) is 0 Å². The summed E-state index contributed by atoms with van der Waals surface area (Å²) in [5.41, 5.74) is 2.67. The first-order valence-corrected chi connectivity index (χ1v) is 11.9. The lowest BCUT2D eigenvalue weighted by Crippen LogP contribution is -2.26. The molecule has 1 atom stereocenters. The summed E-state index contributed by atoms with van der Waals surface area (Å²) >= 11 is 2.63. The highest BCUT2D eigenvalue weighted by Crippen LogP contribution is 2.33. The van der Waals surface area contributed by atoms with Crippen LogP contribution in [0.25, 0.3) is 21.3 Å². The van der Waals surface area contributed by atoms with Gasteiger partial charge in [0.1, 0.15) is 4.83 Å². The number of nitrogens with zero attached hydrogens (tertiary/aromatic N) is 3. The molecule has 0 bridgehead atoms. The van der Waals surface area contributed by atoms with E-state index in [4.69, 9.17) is 10.2 Å². The van der Waals surface area contributed by atoms with Crippen LogP contribution in [0.1, 0.15) is 12.5 Å². The minimum absolute atomic E-state index is 0.156. The van der Waals surface area contributed by atoms with E-state index in [1.54, 1.807) is 41.8 Å². The standard InChI is InChI=1S/C25H20N4O2S2/c1-3-12-29-24(31)21-20(18-9-5-4-6-10-18)15-32-23(21)28-25(29)33-16(2)22(30)27-19-11-7-8-17(13-19)14-26/h3-11,13,15-16H,1,12H2,2H3,(H,27,30). The fraction of sp³-hybridized carbons (Fsp3) is 0.120. The molecule has 1 unspecified atom stereocenters. The van der Waals surface area contributed by atoms with Crippen molar-refractivity contribution < 1.29 is 4.79 Å². The zero-order valence-corrected chi connectivity index (χ0v) is 19.5. The number of carbonyl (C=O) groups is 1. The fourth-order valence-electron chi connectivity index (χ4n) is 3.34. The smallest absolute Gasteiger partial charge is 0.263 e. The number of thiophene rings is 1. The van der Waals surface area contributed by atoms with Gasteiger partial charge in [0.25, 0.3) is 5.56 Å². The second-order valence-corrected chi connectivity index (χ2v) is 9.40. The molecule has 0 aliphatic rings. The number of nitriles is 1. The average Bonchev–Trinajstić information content (AvgIpc) is 3.26. The van der Waals surface area contributed by atoms with Crippen molar-refractivity contribution in [3.8, 4) is 17.2 Å². The number of allylic oxidation sites excluding steroid dienone is 1. The Morgan fingerprint density at radius 3 is 2.82 bits per heavy atom. The lowest BCUT2D eigenvalue weighted by Gasteiger charge is -2.15. The lowest BCUT2D eigenvalue weighted by molar-refractivity contribution is -0.115. The maximum absolute atomic E-state index is 13.4. The number of hydrogen-bond acceptors (Lipinski definition) is 6. The summed E-state index contributed by atoms with van der Waals surface area (Å²) in [6, 6.07) is 18.5. The quantitative estimate of drug-likeness (QED) is 0.224. The van der Waals surface area contributed by atoms with Crippen molar-refractivity contribution in [1.82, 2.24) is 9.55 Å². The van der Waals surface area contributed by atoms with Gasteiger partial charge in [0.2, 0.25) is 5.91 Å². The Morgan fingerprint density at radius 1 is 1.30 bits per heavy atom. The maximum Gasteiger partial charge on any atom is 0.263 e. The molecule has 4 rings (SSSR count). The number of carbonyl (C=O) groups excluding carboxylic acids is 1. The summed E-state index contributed by atoms with van der Waals surface area (Å²) in [6.45, 7) is 5.81. The van der Waals surface area contributed by atoms with Crippen molar-refractivity contribution >= 4 is 44.9 Å². The summed E-state index contributed by atoms with van der Waals surface area (Å²) in [7, 11) is 0. The lowest BCUT2D eigenvalue weighted by atomic mass is 10.1. The Labute approximate surface area is 199 Å². The highest BCUT2D eigenvalue weighted by Gasteiger charge is 2.21. The number of benzene rings is 2. The molecule has 0 aliphatic carbocycles. The topological polar surface area (TPSA) is 87.8 Å². The van der Waals surface area contributed by atoms with E-state index in [0.29, 0.717) is 26.6 Å². The largest absolute Gasteiger partial charge is 0.325 e. The summed E-state index contributed by atoms with van der Waals surface area (Å²) in [5.74, 6) is -0.245. The molecule has 0 spiro atoms. The maximum atomic E-state index is 13.4. The van der Waals surface area contributed by atoms with Crippen LogP contribution in [-0.2, 0) is 11.3 Å². The number of thioether (sulfide) groups is 1. The van der Waals surface area contributed by atoms with E-state index in [9.17, 15) is 9.59 Å². The van der Waals surface area contributed by atoms with Crippen LogP contribution < -0.4 is 10.9 Å². The first-order chi connectivity index (χ1) is 16.0. The second-order valence-electron chi connectivity index (χ2n) is 7.24. The van der Waals surface area contributed by atoms with Crippen molar-refractivity contribution in [3.63, 3.8) is 0 Å². The molecule has 2 aromatic heterocycles. The minimum Gasteiger partial charge on any atom is -0.325 e. The van der Waals surface area contributed by atoms with Gasteiger partial charge < -0.3 is 5.32 Å². The van der Waals surface area contributed by atoms with Crippen molar-refractivity contribution in [2.45, 2.75) is 23.9 Å². The molecule has 0 saturated heterocycles. The Morgan fingerprint density at radius 2 is 2.09 bits per heavy atom. The third kappa shape index (κ3) is 4.75. The molecular formula is C25H20N4O2S2. The van der Waals surface area contributed by atoms with E-state index in [1.807, 2.05) is 35.7 Å². The van der Waals surface area contributed by atoms with Gasteiger partial charge in [-0.25, -0.2) is 4.98 Å². The number of anilines is 1. The Kier molecular flexibility index (Phi) is 6.73. The highest BCUT2D eigenvalue weighted by molar-refractivity contribution is 8.00. The van der Waals surface area contributed by atoms with Crippen molar-refractivity contribution in [1.29, 1.82) is 5.26 Å². The predicted octanol–water partition coefficient (Wildman–Crippen LogP) is 5.30. The molecule has 2 aromatic carbocycles. The normalized spacial score (nSPS) is 11.6. The van der Waals surface area contributed by atoms with Crippen LogP contribution >= 0.6 is 23.1 Å². The molecule has 2 heterocycles. The summed E-state index contributed by atoms with van der Waals surface area (Å²) in [5, 5.41) is 14.3. The number of rotatable bonds is 7. The monoisotopic (exact) mass is 472 g/mol. The minimum atomic E-state index is -0.523. The molecule has 0 fully saturated rings. The number of aromatic nitrogens is 2. The van der Waals surface area contributed by atoms with Gasteiger partial charge in [-0.3, -0.25) is 14.2 Å². The van der Waals surface area contributed by atoms with Crippen LogP contribution in [0.2, 0.25) is 0 Å². The van der Waals surface area contributed by atoms with Gasteiger partial charge in [0, 0.05) is 23.2 Å². The third-order valence-electron chi connectivity index (χ3n) is 4.97. The van der Waals surface area contributed by atoms with Gasteiger partial charge in [-0.15, -0.1) is 17.9 Å². The van der Waals surface area contributed by atoms with Gasteiger partial charge >= 0.3 is 0 Å². The molecule has 1 N–H and O–H groups in total. The molecule has 8 heteroatoms. The Hall–Kier alpha value is -3.67. The molecule has 33 heavy (non-hydrogen) atoms. The van der Waals surface area contributed by atoms with E-state index in [0.717, 1.165) is 11.1 Å². The van der Waals surface area contributed by atoms with Crippen LogP contribution in [0.4, 0.5) is 5.69 Å². The SMILES string of the molecule is C=CCn1c(SC(C)C(=O)Nc2cccc(C#N)c2)nc2scc(-c3ccccc3)c2c1=O. The average molecular weight is 473 g/mol. The van der Waals surface area contributed by atoms with Crippen LogP contribution in [0, 0.1) is 11.3 Å². The summed E-state index contributed by atoms with van der Waals surface area (Å²) in [6.07, 6.45) is 1.64. The van der Waals surface area contributed by atoms with E-state index in [1.165, 1.54) is 23.1 Å². The van der Waals surface area contributed by atoms with E-state index in [-0.39, 0.29) is 18.0 Å². The zero-order valence-electron chi connectivity index (χ0n) is 17.8. The van der Waals surface area contributed by atoms with Crippen molar-refractivity contribution in [2.75, 3.05) is 5.32 Å². The highest BCUT2D eigenvalue weighted by atomic mass is 32.2. The van der Waals surface area contributed by atoms with Gasteiger partial charge in [-0.1, -0.05) is 54.2 Å². The molecule has 0 saturated carbocycles. The van der Waals surface area contributed by atoms with Crippen LogP contribution in [0.15, 0.2) is 82.6 Å². The molecule has 4 aromatic rings. The van der Waals surface area contributed by atoms with E-state index in [2.05, 4.69) is 18.0 Å². The number of hydrogen-bond donors (Lipinski definition) is 1. The number of fused-ring (bicyclic) bond motifs is 1. The second kappa shape index (κ2) is 9.86. The molecule has 164 valence electrons. The molecule has 0 radical (unpaired) electrons. The van der Waals surface area contributed by atoms with Gasteiger partial charge in [-0.2, -0.15) is 5.26 Å². The van der Waals surface area contributed by atoms with Crippen LogP contribution in [0.5, 0.6) is 0 Å². The Bertz CT molecular complexity index is 1430. The van der Waals surface area contributed by atoms with Crippen molar-refractivity contribution in [3.05, 3.63) is 88.5 Å². The van der Waals surface area contributed by atoms with Gasteiger partial charge in [-0.05, 0) is 30.7 Å². The molecular weight excluding hydrogens is 452 g/mol. The van der Waals surface area contributed by atoms with Gasteiger partial charge in [0.15, 0.2) is 5.16 Å².